The first-order chi connectivity index (χ1) is 13.2. The van der Waals surface area contributed by atoms with E-state index in [1.807, 2.05) is 4.90 Å². The van der Waals surface area contributed by atoms with Crippen LogP contribution in [0, 0.1) is 5.92 Å². The Kier molecular flexibility index (Phi) is 4.86. The van der Waals surface area contributed by atoms with Gasteiger partial charge in [0.15, 0.2) is 5.13 Å². The van der Waals surface area contributed by atoms with Crippen molar-refractivity contribution in [3.63, 3.8) is 0 Å². The second kappa shape index (κ2) is 7.33. The minimum Gasteiger partial charge on any atom is -0.383 e. The molecule has 2 unspecified atom stereocenters. The number of piperazine rings is 1. The van der Waals surface area contributed by atoms with Gasteiger partial charge in [0.25, 0.3) is 5.91 Å². The number of rotatable bonds is 3. The van der Waals surface area contributed by atoms with Gasteiger partial charge >= 0.3 is 0 Å². The Hall–Kier alpha value is -1.18. The van der Waals surface area contributed by atoms with Crippen molar-refractivity contribution >= 4 is 22.4 Å². The monoisotopic (exact) mass is 390 g/mol. The van der Waals surface area contributed by atoms with Gasteiger partial charge in [-0.05, 0) is 31.6 Å². The van der Waals surface area contributed by atoms with Crippen LogP contribution in [-0.4, -0.2) is 58.7 Å². The fraction of sp³-hybridized carbons (Fsp3) is 0.800. The first-order valence-electron chi connectivity index (χ1n) is 10.6. The summed E-state index contributed by atoms with van der Waals surface area (Å²) < 4.78 is 0. The molecule has 2 bridgehead atoms. The van der Waals surface area contributed by atoms with Crippen LogP contribution in [0.4, 0.5) is 5.13 Å². The number of thiazole rings is 1. The molecule has 0 radical (unpaired) electrons. The molecule has 3 atom stereocenters. The number of aromatic nitrogens is 1. The lowest BCUT2D eigenvalue weighted by molar-refractivity contribution is -0.144. The summed E-state index contributed by atoms with van der Waals surface area (Å²) in [6.07, 6.45) is 8.00. The first kappa shape index (κ1) is 17.9. The predicted molar refractivity (Wildman–Crippen MR) is 106 cm³/mol. The van der Waals surface area contributed by atoms with Gasteiger partial charge < -0.3 is 20.2 Å². The summed E-state index contributed by atoms with van der Waals surface area (Å²) in [5.74, 6) is 0.0888. The van der Waals surface area contributed by atoms with Gasteiger partial charge in [-0.2, -0.15) is 0 Å². The molecule has 4 heterocycles. The maximum absolute atomic E-state index is 12.9. The largest absolute Gasteiger partial charge is 0.383 e. The smallest absolute Gasteiger partial charge is 0.252 e. The van der Waals surface area contributed by atoms with Gasteiger partial charge in [0, 0.05) is 43.0 Å². The van der Waals surface area contributed by atoms with E-state index >= 15 is 0 Å². The third kappa shape index (κ3) is 3.28. The number of hydrogen-bond donors (Lipinski definition) is 2. The summed E-state index contributed by atoms with van der Waals surface area (Å²) in [5.41, 5.74) is 1.17. The second-order valence-electron chi connectivity index (χ2n) is 8.67. The molecule has 27 heavy (non-hydrogen) atoms. The molecule has 1 aromatic heterocycles. The third-order valence-electron chi connectivity index (χ3n) is 6.98. The average molecular weight is 391 g/mol. The molecule has 6 nitrogen and oxygen atoms in total. The van der Waals surface area contributed by atoms with E-state index in [1.54, 1.807) is 11.3 Å². The molecule has 148 valence electrons. The van der Waals surface area contributed by atoms with Crippen LogP contribution < -0.4 is 10.2 Å². The summed E-state index contributed by atoms with van der Waals surface area (Å²) in [6.45, 7) is 3.42. The highest BCUT2D eigenvalue weighted by molar-refractivity contribution is 7.15. The number of aliphatic hydroxyl groups is 1. The maximum atomic E-state index is 12.9. The molecule has 1 amide bonds. The Balaban J connectivity index is 1.28. The third-order valence-corrected chi connectivity index (χ3v) is 8.08. The molecule has 3 aliphatic heterocycles. The molecular weight excluding hydrogens is 360 g/mol. The standard InChI is InChI=1S/C20H30N4O2S/c25-18(13-4-2-1-3-5-13)19(26)23-9-8-16-17(12-23)27-20(22-16)24-14-6-7-15(24)11-21-10-14/h13-15,18,21,25H,1-12H2/t14?,15?,18-/m1/s1. The van der Waals surface area contributed by atoms with E-state index in [9.17, 15) is 9.90 Å². The number of fused-ring (bicyclic) bond motifs is 3. The van der Waals surface area contributed by atoms with Crippen LogP contribution in [0.3, 0.4) is 0 Å². The molecule has 7 heteroatoms. The van der Waals surface area contributed by atoms with Crippen LogP contribution in [0.15, 0.2) is 0 Å². The highest BCUT2D eigenvalue weighted by Crippen LogP contribution is 2.38. The molecule has 4 aliphatic rings. The zero-order valence-corrected chi connectivity index (χ0v) is 16.7. The minimum absolute atomic E-state index is 0.0651. The first-order valence-corrected chi connectivity index (χ1v) is 11.5. The summed E-state index contributed by atoms with van der Waals surface area (Å²) in [5, 5.41) is 15.3. The molecule has 1 aliphatic carbocycles. The lowest BCUT2D eigenvalue weighted by Crippen LogP contribution is -2.51. The van der Waals surface area contributed by atoms with Crippen LogP contribution in [0.5, 0.6) is 0 Å². The lowest BCUT2D eigenvalue weighted by atomic mass is 9.84. The molecular formula is C20H30N4O2S. The highest BCUT2D eigenvalue weighted by Gasteiger charge is 2.39. The van der Waals surface area contributed by atoms with Gasteiger partial charge in [0.2, 0.25) is 0 Å². The Morgan fingerprint density at radius 3 is 2.63 bits per heavy atom. The van der Waals surface area contributed by atoms with Crippen LogP contribution in [0.25, 0.3) is 0 Å². The van der Waals surface area contributed by atoms with Crippen molar-refractivity contribution in [2.75, 3.05) is 24.5 Å². The highest BCUT2D eigenvalue weighted by atomic mass is 32.1. The van der Waals surface area contributed by atoms with Crippen LogP contribution >= 0.6 is 11.3 Å². The Morgan fingerprint density at radius 1 is 1.15 bits per heavy atom. The Labute approximate surface area is 164 Å². The van der Waals surface area contributed by atoms with Gasteiger partial charge in [0.1, 0.15) is 6.10 Å². The van der Waals surface area contributed by atoms with E-state index in [0.717, 1.165) is 50.3 Å². The number of amides is 1. The number of carbonyl (C=O) groups is 1. The van der Waals surface area contributed by atoms with Gasteiger partial charge in [-0.3, -0.25) is 4.79 Å². The normalized spacial score (nSPS) is 29.7. The SMILES string of the molecule is O=C([C@H](O)C1CCCCC1)N1CCc2nc(N3C4CCC3CNC4)sc2C1. The second-order valence-corrected chi connectivity index (χ2v) is 9.73. The van der Waals surface area contributed by atoms with E-state index in [0.29, 0.717) is 25.2 Å². The number of anilines is 1. The summed E-state index contributed by atoms with van der Waals surface area (Å²) in [4.78, 5) is 23.5. The molecule has 2 saturated heterocycles. The fourth-order valence-corrected chi connectivity index (χ4v) is 6.68. The molecule has 2 N–H and O–H groups in total. The van der Waals surface area contributed by atoms with Crippen molar-refractivity contribution in [2.24, 2.45) is 5.92 Å². The van der Waals surface area contributed by atoms with Crippen molar-refractivity contribution < 1.29 is 9.90 Å². The number of carbonyl (C=O) groups excluding carboxylic acids is 1. The maximum Gasteiger partial charge on any atom is 0.252 e. The summed E-state index contributed by atoms with van der Waals surface area (Å²) in [7, 11) is 0. The number of hydrogen-bond acceptors (Lipinski definition) is 6. The zero-order valence-electron chi connectivity index (χ0n) is 15.9. The Morgan fingerprint density at radius 2 is 1.89 bits per heavy atom. The molecule has 3 fully saturated rings. The van der Waals surface area contributed by atoms with Crippen molar-refractivity contribution in [1.82, 2.24) is 15.2 Å². The van der Waals surface area contributed by atoms with Gasteiger partial charge in [-0.1, -0.05) is 30.6 Å². The zero-order chi connectivity index (χ0) is 18.4. The van der Waals surface area contributed by atoms with Crippen LogP contribution in [-0.2, 0) is 17.8 Å². The van der Waals surface area contributed by atoms with Gasteiger partial charge in [-0.15, -0.1) is 0 Å². The minimum atomic E-state index is -0.816. The summed E-state index contributed by atoms with van der Waals surface area (Å²) >= 11 is 1.77. The van der Waals surface area contributed by atoms with E-state index in [2.05, 4.69) is 10.2 Å². The molecule has 1 saturated carbocycles. The van der Waals surface area contributed by atoms with Gasteiger partial charge in [-0.25, -0.2) is 4.98 Å². The predicted octanol–water partition coefficient (Wildman–Crippen LogP) is 1.91. The van der Waals surface area contributed by atoms with E-state index in [1.165, 1.54) is 29.8 Å². The van der Waals surface area contributed by atoms with E-state index < -0.39 is 6.10 Å². The summed E-state index contributed by atoms with van der Waals surface area (Å²) in [6, 6.07) is 1.14. The van der Waals surface area contributed by atoms with Crippen molar-refractivity contribution in [2.45, 2.75) is 76.1 Å². The molecule has 0 spiro atoms. The van der Waals surface area contributed by atoms with Gasteiger partial charge in [0.05, 0.1) is 12.2 Å². The average Bonchev–Trinajstić information content (AvgIpc) is 3.24. The topological polar surface area (TPSA) is 68.7 Å². The molecule has 0 aromatic carbocycles. The Bertz CT molecular complexity index is 686. The van der Waals surface area contributed by atoms with Crippen LogP contribution in [0.2, 0.25) is 0 Å². The number of nitrogens with one attached hydrogen (secondary N) is 1. The van der Waals surface area contributed by atoms with Crippen LogP contribution in [0.1, 0.15) is 55.5 Å². The molecule has 1 aromatic rings. The van der Waals surface area contributed by atoms with Crippen molar-refractivity contribution in [3.8, 4) is 0 Å². The molecule has 5 rings (SSSR count). The number of aliphatic hydroxyl groups excluding tert-OH is 1. The van der Waals surface area contributed by atoms with E-state index in [-0.39, 0.29) is 11.8 Å². The van der Waals surface area contributed by atoms with Crippen molar-refractivity contribution in [1.29, 1.82) is 0 Å². The quantitative estimate of drug-likeness (QED) is 0.825. The fourth-order valence-electron chi connectivity index (χ4n) is 5.41. The number of nitrogens with zero attached hydrogens (tertiary/aromatic N) is 3. The van der Waals surface area contributed by atoms with Crippen molar-refractivity contribution in [3.05, 3.63) is 10.6 Å². The van der Waals surface area contributed by atoms with E-state index in [4.69, 9.17) is 4.98 Å². The lowest BCUT2D eigenvalue weighted by Gasteiger charge is -2.35.